The van der Waals surface area contributed by atoms with Gasteiger partial charge >= 0.3 is 0 Å². The molecule has 0 aliphatic carbocycles. The molecule has 1 aromatic carbocycles. The van der Waals surface area contributed by atoms with Crippen LogP contribution in [0, 0.1) is 0 Å². The van der Waals surface area contributed by atoms with Crippen LogP contribution in [0.4, 0.5) is 0 Å². The lowest BCUT2D eigenvalue weighted by atomic mass is 10.1. The van der Waals surface area contributed by atoms with Crippen molar-refractivity contribution in [2.24, 2.45) is 10.4 Å². The Bertz CT molecular complexity index is 325. The van der Waals surface area contributed by atoms with E-state index >= 15 is 0 Å². The fourth-order valence-corrected chi connectivity index (χ4v) is 0.962. The zero-order valence-corrected chi connectivity index (χ0v) is 8.17. The number of rotatable bonds is 5. The zero-order valence-electron chi connectivity index (χ0n) is 8.17. The summed E-state index contributed by atoms with van der Waals surface area (Å²) in [6.45, 7) is -0.103. The Morgan fingerprint density at radius 3 is 2.73 bits per heavy atom. The second kappa shape index (κ2) is 6.67. The molecule has 0 saturated heterocycles. The minimum Gasteiger partial charge on any atom is -0.393 e. The van der Waals surface area contributed by atoms with Crippen molar-refractivity contribution in [2.75, 3.05) is 13.2 Å². The molecule has 80 valence electrons. The summed E-state index contributed by atoms with van der Waals surface area (Å²) < 4.78 is 0. The van der Waals surface area contributed by atoms with Gasteiger partial charge in [-0.1, -0.05) is 35.4 Å². The summed E-state index contributed by atoms with van der Waals surface area (Å²) in [5.41, 5.74) is 0.878. The van der Waals surface area contributed by atoms with E-state index in [0.717, 1.165) is 5.56 Å². The van der Waals surface area contributed by atoms with Gasteiger partial charge in [0.1, 0.15) is 6.61 Å². The number of hydrogen-bond acceptors (Lipinski definition) is 4. The summed E-state index contributed by atoms with van der Waals surface area (Å²) in [4.78, 5) is 15.7. The number of nitrogens with zero attached hydrogens (tertiary/aromatic N) is 2. The first kappa shape index (κ1) is 11.3. The molecule has 0 fully saturated rings. The number of carbonyl (C=O) groups is 1. The molecule has 1 rings (SSSR count). The van der Waals surface area contributed by atoms with Crippen molar-refractivity contribution in [2.45, 2.75) is 6.42 Å². The van der Waals surface area contributed by atoms with Crippen LogP contribution >= 0.6 is 0 Å². The highest BCUT2D eigenvalue weighted by molar-refractivity contribution is 5.78. The second-order valence-electron chi connectivity index (χ2n) is 2.79. The molecule has 0 spiro atoms. The van der Waals surface area contributed by atoms with E-state index in [1.165, 1.54) is 0 Å². The predicted molar refractivity (Wildman–Crippen MR) is 53.0 cm³/mol. The van der Waals surface area contributed by atoms with E-state index in [-0.39, 0.29) is 25.5 Å². The summed E-state index contributed by atoms with van der Waals surface area (Å²) in [6, 6.07) is 9.24. The monoisotopic (exact) mass is 208 g/mol. The van der Waals surface area contributed by atoms with Gasteiger partial charge in [-0.05, 0) is 5.56 Å². The number of carbonyl (C=O) groups excluding carboxylic acids is 1. The normalized spacial score (nSPS) is 10.5. The molecule has 0 heterocycles. The molecule has 0 aliphatic rings. The quantitative estimate of drug-likeness (QED) is 0.448. The van der Waals surface area contributed by atoms with Crippen LogP contribution in [-0.2, 0) is 16.1 Å². The first-order chi connectivity index (χ1) is 7.33. The number of amides is 1. The Morgan fingerprint density at radius 1 is 1.33 bits per heavy atom. The Hall–Kier alpha value is -1.75. The van der Waals surface area contributed by atoms with E-state index in [0.29, 0.717) is 0 Å². The molecule has 0 unspecified atom stereocenters. The standard InChI is InChI=1S/C10H12N2O3/c13-6-7-15-12-11-10(14)8-9-4-2-1-3-5-9/h1-5,13H,6-8H2/b12-11-. The Balaban J connectivity index is 2.33. The van der Waals surface area contributed by atoms with E-state index in [4.69, 9.17) is 5.11 Å². The van der Waals surface area contributed by atoms with Crippen LogP contribution < -0.4 is 0 Å². The van der Waals surface area contributed by atoms with Gasteiger partial charge in [-0.15, -0.1) is 0 Å². The van der Waals surface area contributed by atoms with Crippen LogP contribution in [0.5, 0.6) is 0 Å². The van der Waals surface area contributed by atoms with Gasteiger partial charge in [0.25, 0.3) is 5.91 Å². The average Bonchev–Trinajstić information content (AvgIpc) is 2.26. The Morgan fingerprint density at radius 2 is 2.07 bits per heavy atom. The average molecular weight is 208 g/mol. The molecule has 0 radical (unpaired) electrons. The van der Waals surface area contributed by atoms with Crippen LogP contribution in [0.3, 0.4) is 0 Å². The first-order valence-corrected chi connectivity index (χ1v) is 4.53. The third-order valence-electron chi connectivity index (χ3n) is 1.59. The Labute approximate surface area is 87.4 Å². The highest BCUT2D eigenvalue weighted by atomic mass is 16.6. The fourth-order valence-electron chi connectivity index (χ4n) is 0.962. The van der Waals surface area contributed by atoms with Crippen LogP contribution in [0.15, 0.2) is 40.7 Å². The van der Waals surface area contributed by atoms with Gasteiger partial charge in [-0.2, -0.15) is 0 Å². The lowest BCUT2D eigenvalue weighted by Crippen LogP contribution is -1.99. The SMILES string of the molecule is O=C(Cc1ccccc1)/N=N\OCCO. The Kier molecular flexibility index (Phi) is 5.03. The first-order valence-electron chi connectivity index (χ1n) is 4.53. The summed E-state index contributed by atoms with van der Waals surface area (Å²) in [7, 11) is 0. The number of benzene rings is 1. The van der Waals surface area contributed by atoms with Crippen molar-refractivity contribution in [1.82, 2.24) is 0 Å². The van der Waals surface area contributed by atoms with Crippen molar-refractivity contribution < 1.29 is 14.7 Å². The van der Waals surface area contributed by atoms with Crippen molar-refractivity contribution in [3.63, 3.8) is 0 Å². The largest absolute Gasteiger partial charge is 0.393 e. The van der Waals surface area contributed by atoms with E-state index < -0.39 is 0 Å². The van der Waals surface area contributed by atoms with Gasteiger partial charge in [0.15, 0.2) is 0 Å². The molecule has 1 N–H and O–H groups in total. The van der Waals surface area contributed by atoms with Gasteiger partial charge in [-0.25, -0.2) is 0 Å². The van der Waals surface area contributed by atoms with Gasteiger partial charge < -0.3 is 9.94 Å². The van der Waals surface area contributed by atoms with Gasteiger partial charge in [-0.3, -0.25) is 4.79 Å². The summed E-state index contributed by atoms with van der Waals surface area (Å²) in [5, 5.41) is 14.8. The van der Waals surface area contributed by atoms with E-state index in [1.807, 2.05) is 30.3 Å². The number of aliphatic hydroxyl groups is 1. The maximum atomic E-state index is 11.2. The molecular formula is C10H12N2O3. The maximum absolute atomic E-state index is 11.2. The van der Waals surface area contributed by atoms with Gasteiger partial charge in [0.2, 0.25) is 0 Å². The van der Waals surface area contributed by atoms with Crippen molar-refractivity contribution in [3.05, 3.63) is 35.9 Å². The van der Waals surface area contributed by atoms with Gasteiger partial charge in [0.05, 0.1) is 13.0 Å². The highest BCUT2D eigenvalue weighted by Gasteiger charge is 2.00. The van der Waals surface area contributed by atoms with E-state index in [1.54, 1.807) is 0 Å². The van der Waals surface area contributed by atoms with Crippen LogP contribution in [0.25, 0.3) is 0 Å². The highest BCUT2D eigenvalue weighted by Crippen LogP contribution is 2.00. The van der Waals surface area contributed by atoms with Crippen LogP contribution in [0.1, 0.15) is 5.56 Å². The minimum absolute atomic E-state index is 0.0438. The fraction of sp³-hybridized carbons (Fsp3) is 0.300. The zero-order chi connectivity index (χ0) is 10.9. The number of aliphatic hydroxyl groups excluding tert-OH is 1. The molecule has 1 amide bonds. The van der Waals surface area contributed by atoms with Crippen molar-refractivity contribution in [3.8, 4) is 0 Å². The molecule has 5 nitrogen and oxygen atoms in total. The molecular weight excluding hydrogens is 196 g/mol. The summed E-state index contributed by atoms with van der Waals surface area (Å²) in [5.74, 6) is -0.376. The molecule has 5 heteroatoms. The van der Waals surface area contributed by atoms with Crippen molar-refractivity contribution in [1.29, 1.82) is 0 Å². The third kappa shape index (κ3) is 4.87. The lowest BCUT2D eigenvalue weighted by molar-refractivity contribution is -0.118. The minimum atomic E-state index is -0.376. The van der Waals surface area contributed by atoms with Gasteiger partial charge in [0, 0.05) is 5.28 Å². The molecule has 0 saturated carbocycles. The van der Waals surface area contributed by atoms with E-state index in [9.17, 15) is 4.79 Å². The molecule has 0 aromatic heterocycles. The summed E-state index contributed by atoms with van der Waals surface area (Å²) in [6.07, 6.45) is 0.201. The smallest absolute Gasteiger partial charge is 0.272 e. The van der Waals surface area contributed by atoms with Crippen molar-refractivity contribution >= 4 is 5.91 Å². The number of hydrogen-bond donors (Lipinski definition) is 1. The maximum Gasteiger partial charge on any atom is 0.272 e. The molecule has 0 atom stereocenters. The van der Waals surface area contributed by atoms with Crippen LogP contribution in [-0.4, -0.2) is 24.2 Å². The molecule has 0 bridgehead atoms. The second-order valence-corrected chi connectivity index (χ2v) is 2.79. The topological polar surface area (TPSA) is 71.2 Å². The predicted octanol–water partition coefficient (Wildman–Crippen LogP) is 1.13. The lowest BCUT2D eigenvalue weighted by Gasteiger charge is -1.95. The molecule has 1 aromatic rings. The third-order valence-corrected chi connectivity index (χ3v) is 1.59. The molecule has 15 heavy (non-hydrogen) atoms. The van der Waals surface area contributed by atoms with E-state index in [2.05, 4.69) is 15.2 Å². The molecule has 0 aliphatic heterocycles. The summed E-state index contributed by atoms with van der Waals surface area (Å²) >= 11 is 0. The van der Waals surface area contributed by atoms with Crippen LogP contribution in [0.2, 0.25) is 0 Å².